The monoisotopic (exact) mass is 389 g/mol. The molecule has 3 N–H and O–H groups in total. The van der Waals surface area contributed by atoms with Gasteiger partial charge in [0.25, 0.3) is 5.56 Å². The molecule has 2 aromatic rings. The Labute approximate surface area is 147 Å². The summed E-state index contributed by atoms with van der Waals surface area (Å²) in [5.74, 6) is 0.406. The molecule has 0 spiro atoms. The normalized spacial score (nSPS) is 23.7. The Morgan fingerprint density at radius 3 is 2.73 bits per heavy atom. The van der Waals surface area contributed by atoms with Crippen LogP contribution in [0.3, 0.4) is 0 Å². The van der Waals surface area contributed by atoms with Gasteiger partial charge in [0.05, 0.1) is 12.9 Å². The molecule has 0 aliphatic carbocycles. The minimum absolute atomic E-state index is 0.0516. The Kier molecular flexibility index (Phi) is 4.90. The molecule has 2 aromatic heterocycles. The fourth-order valence-corrected chi connectivity index (χ4v) is 3.54. The molecule has 3 atom stereocenters. The third-order valence-electron chi connectivity index (χ3n) is 4.12. The summed E-state index contributed by atoms with van der Waals surface area (Å²) < 4.78 is 24.3. The van der Waals surface area contributed by atoms with Crippen LogP contribution in [0.5, 0.6) is 0 Å². The highest BCUT2D eigenvalue weighted by atomic mass is 31.2. The number of nitrogens with zero attached hydrogens (tertiary/aromatic N) is 5. The maximum Gasteiger partial charge on any atom is 0.469 e. The third-order valence-corrected chi connectivity index (χ3v) is 4.67. The van der Waals surface area contributed by atoms with Crippen LogP contribution in [0.25, 0.3) is 11.2 Å². The zero-order chi connectivity index (χ0) is 19.2. The zero-order valence-electron chi connectivity index (χ0n) is 14.4. The highest BCUT2D eigenvalue weighted by molar-refractivity contribution is 7.46. The first kappa shape index (κ1) is 19.0. The van der Waals surface area contributed by atoms with Crippen LogP contribution < -0.4 is 10.5 Å². The minimum Gasteiger partial charge on any atom is -0.394 e. The Morgan fingerprint density at radius 2 is 2.15 bits per heavy atom. The first-order chi connectivity index (χ1) is 12.1. The highest BCUT2D eigenvalue weighted by Gasteiger charge is 2.41. The number of ether oxygens (including phenoxy) is 1. The van der Waals surface area contributed by atoms with Crippen LogP contribution in [0.1, 0.15) is 12.6 Å². The minimum atomic E-state index is -4.74. The predicted octanol–water partition coefficient (Wildman–Crippen LogP) is -1.05. The molecule has 1 aliphatic rings. The first-order valence-corrected chi connectivity index (χ1v) is 9.26. The molecular formula is C13H20N5O7P. The molecule has 0 aromatic carbocycles. The summed E-state index contributed by atoms with van der Waals surface area (Å²) in [5.41, 5.74) is 0.0779. The molecule has 1 fully saturated rings. The molecule has 0 bridgehead atoms. The van der Waals surface area contributed by atoms with Crippen LogP contribution in [0, 0.1) is 0 Å². The maximum atomic E-state index is 12.5. The van der Waals surface area contributed by atoms with Gasteiger partial charge in [0.2, 0.25) is 5.95 Å². The van der Waals surface area contributed by atoms with E-state index >= 15 is 0 Å². The Hall–Kier alpha value is -1.82. The topological polar surface area (TPSA) is 152 Å². The second kappa shape index (κ2) is 6.72. The number of aromatic nitrogens is 4. The number of rotatable bonds is 5. The van der Waals surface area contributed by atoms with E-state index in [1.165, 1.54) is 15.5 Å². The molecule has 1 aliphatic heterocycles. The summed E-state index contributed by atoms with van der Waals surface area (Å²) in [5, 5.41) is 9.40. The van der Waals surface area contributed by atoms with Gasteiger partial charge in [0, 0.05) is 27.6 Å². The first-order valence-electron chi connectivity index (χ1n) is 7.73. The number of phosphoric acid groups is 1. The van der Waals surface area contributed by atoms with Crippen molar-refractivity contribution in [3.63, 3.8) is 0 Å². The van der Waals surface area contributed by atoms with E-state index in [4.69, 9.17) is 19.0 Å². The van der Waals surface area contributed by atoms with E-state index in [2.05, 4.69) is 9.97 Å². The number of aliphatic hydroxyl groups is 1. The highest BCUT2D eigenvalue weighted by Crippen LogP contribution is 2.43. The lowest BCUT2D eigenvalue weighted by atomic mass is 10.2. The number of hydrogen-bond donors (Lipinski definition) is 3. The molecule has 0 amide bonds. The largest absolute Gasteiger partial charge is 0.469 e. The van der Waals surface area contributed by atoms with Gasteiger partial charge in [0.1, 0.15) is 18.4 Å². The molecule has 26 heavy (non-hydrogen) atoms. The third kappa shape index (κ3) is 3.39. The summed E-state index contributed by atoms with van der Waals surface area (Å²) in [6, 6.07) is 0. The van der Waals surface area contributed by atoms with Gasteiger partial charge >= 0.3 is 7.82 Å². The van der Waals surface area contributed by atoms with Crippen molar-refractivity contribution < 1.29 is 28.7 Å². The van der Waals surface area contributed by atoms with Gasteiger partial charge in [-0.25, -0.2) is 9.55 Å². The molecular weight excluding hydrogens is 369 g/mol. The number of fused-ring (bicyclic) bond motifs is 1. The molecule has 144 valence electrons. The second-order valence-corrected chi connectivity index (χ2v) is 7.37. The van der Waals surface area contributed by atoms with Crippen molar-refractivity contribution in [3.05, 3.63) is 16.7 Å². The van der Waals surface area contributed by atoms with Gasteiger partial charge in [-0.2, -0.15) is 4.98 Å². The average Bonchev–Trinajstić information content (AvgIpc) is 3.12. The van der Waals surface area contributed by atoms with Crippen LogP contribution >= 0.6 is 7.82 Å². The van der Waals surface area contributed by atoms with E-state index in [9.17, 15) is 14.5 Å². The van der Waals surface area contributed by atoms with Crippen molar-refractivity contribution >= 4 is 24.9 Å². The van der Waals surface area contributed by atoms with E-state index in [0.717, 1.165) is 0 Å². The number of aliphatic hydroxyl groups excluding tert-OH is 1. The van der Waals surface area contributed by atoms with Crippen molar-refractivity contribution in [1.29, 1.82) is 0 Å². The summed E-state index contributed by atoms with van der Waals surface area (Å²) >= 11 is 0. The van der Waals surface area contributed by atoms with E-state index in [-0.39, 0.29) is 23.1 Å². The lowest BCUT2D eigenvalue weighted by Crippen LogP contribution is -2.27. The van der Waals surface area contributed by atoms with Crippen LogP contribution in [0.4, 0.5) is 5.95 Å². The fourth-order valence-electron chi connectivity index (χ4n) is 2.97. The summed E-state index contributed by atoms with van der Waals surface area (Å²) in [6.07, 6.45) is -1.26. The maximum absolute atomic E-state index is 12.5. The Balaban J connectivity index is 2.01. The van der Waals surface area contributed by atoms with Crippen LogP contribution in [0.2, 0.25) is 0 Å². The number of hydrogen-bond acceptors (Lipinski definition) is 8. The lowest BCUT2D eigenvalue weighted by molar-refractivity contribution is -0.0425. The Bertz CT molecular complexity index is 919. The van der Waals surface area contributed by atoms with E-state index in [1.54, 1.807) is 26.0 Å². The molecule has 3 rings (SSSR count). The summed E-state index contributed by atoms with van der Waals surface area (Å²) in [7, 11) is 0.325. The predicted molar refractivity (Wildman–Crippen MR) is 89.6 cm³/mol. The molecule has 0 radical (unpaired) electrons. The molecule has 1 saturated heterocycles. The molecule has 0 unspecified atom stereocenters. The SMILES string of the molecule is CN(C)c1nc2c(ncn2[C@H]2C[C@H](OP(=O)(O)O)[C@@H](CO)O2)c(=O)n1C. The number of imidazole rings is 1. The number of anilines is 1. The fraction of sp³-hybridized carbons (Fsp3) is 0.615. The van der Waals surface area contributed by atoms with Gasteiger partial charge in [-0.1, -0.05) is 0 Å². The molecule has 12 nitrogen and oxygen atoms in total. The number of phosphoric ester groups is 1. The summed E-state index contributed by atoms with van der Waals surface area (Å²) in [4.78, 5) is 40.7. The quantitative estimate of drug-likeness (QED) is 0.540. The van der Waals surface area contributed by atoms with Crippen molar-refractivity contribution in [1.82, 2.24) is 19.1 Å². The van der Waals surface area contributed by atoms with Gasteiger partial charge in [0.15, 0.2) is 11.2 Å². The van der Waals surface area contributed by atoms with Gasteiger partial charge < -0.3 is 24.5 Å². The molecule has 3 heterocycles. The smallest absolute Gasteiger partial charge is 0.394 e. The van der Waals surface area contributed by atoms with Crippen LogP contribution in [0.15, 0.2) is 11.1 Å². The standard InChI is InChI=1S/C13H20N5O7P/c1-16(2)13-15-11-10(12(20)17(13)3)14-6-18(11)9-4-7(8(5-19)24-9)25-26(21,22)23/h6-9,19H,4-5H2,1-3H3,(H2,21,22,23)/t7-,8+,9+/m0/s1. The van der Waals surface area contributed by atoms with Crippen molar-refractivity contribution in [3.8, 4) is 0 Å². The van der Waals surface area contributed by atoms with Crippen molar-refractivity contribution in [2.24, 2.45) is 7.05 Å². The van der Waals surface area contributed by atoms with Crippen LogP contribution in [-0.4, -0.2) is 66.9 Å². The van der Waals surface area contributed by atoms with E-state index in [0.29, 0.717) is 5.95 Å². The van der Waals surface area contributed by atoms with Gasteiger partial charge in [-0.3, -0.25) is 18.5 Å². The second-order valence-electron chi connectivity index (χ2n) is 6.18. The zero-order valence-corrected chi connectivity index (χ0v) is 15.3. The van der Waals surface area contributed by atoms with Crippen molar-refractivity contribution in [2.45, 2.75) is 24.9 Å². The Morgan fingerprint density at radius 1 is 1.46 bits per heavy atom. The van der Waals surface area contributed by atoms with Gasteiger partial charge in [-0.15, -0.1) is 0 Å². The van der Waals surface area contributed by atoms with Crippen LogP contribution in [-0.2, 0) is 20.9 Å². The van der Waals surface area contributed by atoms with E-state index < -0.39 is 32.9 Å². The van der Waals surface area contributed by atoms with Crippen molar-refractivity contribution in [2.75, 3.05) is 25.6 Å². The lowest BCUT2D eigenvalue weighted by Gasteiger charge is -2.17. The summed E-state index contributed by atoms with van der Waals surface area (Å²) in [6.45, 7) is -0.480. The van der Waals surface area contributed by atoms with E-state index in [1.807, 2.05) is 0 Å². The molecule has 13 heteroatoms. The van der Waals surface area contributed by atoms with Gasteiger partial charge in [-0.05, 0) is 0 Å². The molecule has 0 saturated carbocycles. The average molecular weight is 389 g/mol.